The van der Waals surface area contributed by atoms with Crippen molar-refractivity contribution in [2.45, 2.75) is 28.6 Å². The monoisotopic (exact) mass is 436 g/mol. The lowest BCUT2D eigenvalue weighted by atomic mass is 9.91. The Morgan fingerprint density at radius 1 is 1.32 bits per heavy atom. The van der Waals surface area contributed by atoms with E-state index in [-0.39, 0.29) is 17.3 Å². The molecule has 0 radical (unpaired) electrons. The van der Waals surface area contributed by atoms with Gasteiger partial charge in [-0.3, -0.25) is 0 Å². The first-order chi connectivity index (χ1) is 13.4. The summed E-state index contributed by atoms with van der Waals surface area (Å²) >= 11 is 11.2. The zero-order valence-corrected chi connectivity index (χ0v) is 16.5. The van der Waals surface area contributed by atoms with Gasteiger partial charge >= 0.3 is 0 Å². The van der Waals surface area contributed by atoms with Crippen LogP contribution in [-0.4, -0.2) is 14.8 Å². The van der Waals surface area contributed by atoms with Gasteiger partial charge in [-0.15, -0.1) is 17.7 Å². The number of aromatic nitrogens is 3. The molecule has 0 unspecified atom stereocenters. The Kier molecular flexibility index (Phi) is 5.05. The van der Waals surface area contributed by atoms with Crippen LogP contribution >= 0.6 is 36.0 Å². The van der Waals surface area contributed by atoms with Crippen molar-refractivity contribution >= 4 is 36.0 Å². The van der Waals surface area contributed by atoms with Crippen molar-refractivity contribution in [1.29, 1.82) is 5.26 Å². The number of epoxide rings is 1. The number of hydrogen-bond donors (Lipinski definition) is 1. The molecule has 10 heteroatoms. The number of benzene rings is 2. The molecular formula is C18H11ClF2N4OS2. The SMILES string of the molecule is N#CSc1nc(S)nn1C[C@]1(c2ccc(F)cc2F)O[C@@H]1c1ccccc1Cl. The molecule has 0 bridgehead atoms. The van der Waals surface area contributed by atoms with E-state index in [1.807, 2.05) is 5.40 Å². The van der Waals surface area contributed by atoms with E-state index in [0.29, 0.717) is 15.7 Å². The van der Waals surface area contributed by atoms with E-state index in [2.05, 4.69) is 22.7 Å². The van der Waals surface area contributed by atoms with Crippen LogP contribution in [0, 0.1) is 22.3 Å². The first kappa shape index (κ1) is 19.2. The molecule has 0 amide bonds. The van der Waals surface area contributed by atoms with Gasteiger partial charge in [0.05, 0.1) is 6.54 Å². The van der Waals surface area contributed by atoms with Crippen molar-refractivity contribution in [3.63, 3.8) is 0 Å². The summed E-state index contributed by atoms with van der Waals surface area (Å²) < 4.78 is 35.5. The van der Waals surface area contributed by atoms with E-state index >= 15 is 0 Å². The lowest BCUT2D eigenvalue weighted by Gasteiger charge is -2.16. The fourth-order valence-corrected chi connectivity index (χ4v) is 4.11. The third kappa shape index (κ3) is 3.37. The van der Waals surface area contributed by atoms with E-state index in [9.17, 15) is 8.78 Å². The van der Waals surface area contributed by atoms with E-state index in [4.69, 9.17) is 21.6 Å². The molecule has 1 aliphatic heterocycles. The molecule has 4 rings (SSSR count). The second-order valence-corrected chi connectivity index (χ2v) is 7.64. The molecule has 28 heavy (non-hydrogen) atoms. The molecule has 2 atom stereocenters. The number of ether oxygens (including phenoxy) is 1. The number of rotatable bonds is 5. The second kappa shape index (κ2) is 7.37. The summed E-state index contributed by atoms with van der Waals surface area (Å²) in [7, 11) is 0. The summed E-state index contributed by atoms with van der Waals surface area (Å²) in [5.74, 6) is -1.43. The molecule has 2 heterocycles. The minimum Gasteiger partial charge on any atom is -0.354 e. The van der Waals surface area contributed by atoms with Crippen LogP contribution in [0.1, 0.15) is 17.2 Å². The molecule has 1 fully saturated rings. The van der Waals surface area contributed by atoms with Crippen molar-refractivity contribution < 1.29 is 13.5 Å². The van der Waals surface area contributed by atoms with Gasteiger partial charge in [0.15, 0.2) is 0 Å². The maximum atomic E-state index is 14.7. The lowest BCUT2D eigenvalue weighted by Crippen LogP contribution is -2.22. The topological polar surface area (TPSA) is 67.0 Å². The van der Waals surface area contributed by atoms with E-state index in [0.717, 1.165) is 17.8 Å². The van der Waals surface area contributed by atoms with Gasteiger partial charge < -0.3 is 4.74 Å². The summed E-state index contributed by atoms with van der Waals surface area (Å²) in [4.78, 5) is 4.08. The normalized spacial score (nSPS) is 20.8. The maximum Gasteiger partial charge on any atom is 0.206 e. The van der Waals surface area contributed by atoms with Crippen LogP contribution in [-0.2, 0) is 16.9 Å². The van der Waals surface area contributed by atoms with Crippen LogP contribution in [0.2, 0.25) is 5.02 Å². The fraction of sp³-hybridized carbons (Fsp3) is 0.167. The number of nitriles is 1. The Bertz CT molecular complexity index is 1100. The number of thiocyanates is 1. The molecule has 1 saturated heterocycles. The highest BCUT2D eigenvalue weighted by molar-refractivity contribution is 8.03. The van der Waals surface area contributed by atoms with Crippen molar-refractivity contribution in [3.8, 4) is 5.40 Å². The van der Waals surface area contributed by atoms with Crippen LogP contribution in [0.3, 0.4) is 0 Å². The van der Waals surface area contributed by atoms with Gasteiger partial charge in [0, 0.05) is 34.0 Å². The Morgan fingerprint density at radius 2 is 2.11 bits per heavy atom. The Balaban J connectivity index is 1.80. The van der Waals surface area contributed by atoms with Crippen LogP contribution in [0.4, 0.5) is 8.78 Å². The molecular weight excluding hydrogens is 426 g/mol. The highest BCUT2D eigenvalue weighted by Gasteiger charge is 2.61. The third-order valence-corrected chi connectivity index (χ3v) is 5.53. The number of halogens is 3. The van der Waals surface area contributed by atoms with Gasteiger partial charge in [-0.05, 0) is 12.1 Å². The summed E-state index contributed by atoms with van der Waals surface area (Å²) in [5.41, 5.74) is -0.335. The Morgan fingerprint density at radius 3 is 2.82 bits per heavy atom. The molecule has 1 aliphatic rings. The quantitative estimate of drug-likeness (QED) is 0.271. The predicted octanol–water partition coefficient (Wildman–Crippen LogP) is 4.74. The highest BCUT2D eigenvalue weighted by Crippen LogP contribution is 2.59. The third-order valence-electron chi connectivity index (χ3n) is 4.42. The predicted molar refractivity (Wildman–Crippen MR) is 102 cm³/mol. The first-order valence-electron chi connectivity index (χ1n) is 8.02. The molecule has 0 saturated carbocycles. The minimum absolute atomic E-state index is 0.0447. The van der Waals surface area contributed by atoms with E-state index in [1.54, 1.807) is 24.3 Å². The molecule has 0 N–H and O–H groups in total. The highest BCUT2D eigenvalue weighted by atomic mass is 35.5. The van der Waals surface area contributed by atoms with Crippen molar-refractivity contribution in [1.82, 2.24) is 14.8 Å². The molecule has 5 nitrogen and oxygen atoms in total. The molecule has 1 aromatic heterocycles. The molecule has 0 aliphatic carbocycles. The van der Waals surface area contributed by atoms with Crippen LogP contribution in [0.25, 0.3) is 0 Å². The van der Waals surface area contributed by atoms with Crippen molar-refractivity contribution in [2.75, 3.05) is 0 Å². The fourth-order valence-electron chi connectivity index (χ4n) is 3.18. The van der Waals surface area contributed by atoms with Crippen LogP contribution in [0.5, 0.6) is 0 Å². The van der Waals surface area contributed by atoms with Crippen LogP contribution < -0.4 is 0 Å². The summed E-state index contributed by atoms with van der Waals surface area (Å²) in [5, 5.41) is 16.0. The van der Waals surface area contributed by atoms with Crippen molar-refractivity contribution in [3.05, 3.63) is 70.2 Å². The average Bonchev–Trinajstić information content (AvgIpc) is 3.24. The van der Waals surface area contributed by atoms with Crippen molar-refractivity contribution in [2.24, 2.45) is 0 Å². The zero-order valence-electron chi connectivity index (χ0n) is 14.0. The van der Waals surface area contributed by atoms with Gasteiger partial charge in [0.1, 0.15) is 28.7 Å². The number of nitrogens with zero attached hydrogens (tertiary/aromatic N) is 4. The maximum absolute atomic E-state index is 14.7. The Hall–Kier alpha value is -2.12. The summed E-state index contributed by atoms with van der Waals surface area (Å²) in [6.07, 6.45) is -0.575. The summed E-state index contributed by atoms with van der Waals surface area (Å²) in [6, 6.07) is 10.4. The Labute approximate surface area is 173 Å². The average molecular weight is 437 g/mol. The zero-order chi connectivity index (χ0) is 19.9. The smallest absolute Gasteiger partial charge is 0.206 e. The van der Waals surface area contributed by atoms with Gasteiger partial charge in [-0.2, -0.15) is 10.2 Å². The first-order valence-corrected chi connectivity index (χ1v) is 9.66. The number of thiol groups is 1. The minimum atomic E-state index is -1.18. The van der Waals surface area contributed by atoms with Crippen LogP contribution in [0.15, 0.2) is 52.8 Å². The number of thioether (sulfide) groups is 1. The second-order valence-electron chi connectivity index (χ2n) is 6.08. The standard InChI is InChI=1S/C18H11ClF2N4OS2/c19-13-4-2-1-3-11(13)15-18(26-15,12-6-5-10(20)7-14(12)21)8-25-17(28-9-22)23-16(27)24-25/h1-7,15H,8H2,(H,24,27)/t15-,18-/m1/s1. The van der Waals surface area contributed by atoms with E-state index in [1.165, 1.54) is 16.8 Å². The van der Waals surface area contributed by atoms with Gasteiger partial charge in [0.25, 0.3) is 0 Å². The molecule has 2 aromatic carbocycles. The van der Waals surface area contributed by atoms with Gasteiger partial charge in [-0.1, -0.05) is 35.9 Å². The van der Waals surface area contributed by atoms with E-state index < -0.39 is 23.3 Å². The largest absolute Gasteiger partial charge is 0.354 e. The van der Waals surface area contributed by atoms with Gasteiger partial charge in [-0.25, -0.2) is 13.5 Å². The summed E-state index contributed by atoms with van der Waals surface area (Å²) in [6.45, 7) is 0.0447. The lowest BCUT2D eigenvalue weighted by molar-refractivity contribution is 0.250. The number of hydrogen-bond acceptors (Lipinski definition) is 6. The molecule has 3 aromatic rings. The van der Waals surface area contributed by atoms with Gasteiger partial charge in [0.2, 0.25) is 10.3 Å². The molecule has 0 spiro atoms. The molecule has 142 valence electrons.